The van der Waals surface area contributed by atoms with Crippen LogP contribution in [0, 0.1) is 6.92 Å². The van der Waals surface area contributed by atoms with Crippen molar-refractivity contribution in [3.63, 3.8) is 0 Å². The molecule has 0 aliphatic carbocycles. The second kappa shape index (κ2) is 4.97. The number of aryl methyl sites for hydroxylation is 1. The van der Waals surface area contributed by atoms with E-state index in [0.29, 0.717) is 5.82 Å². The Hall–Kier alpha value is -1.90. The maximum absolute atomic E-state index is 11.2. The minimum Gasteiger partial charge on any atom is -0.307 e. The Morgan fingerprint density at radius 2 is 2.36 bits per heavy atom. The number of hydrogen-bond acceptors (Lipinski definition) is 2. The summed E-state index contributed by atoms with van der Waals surface area (Å²) in [5.41, 5.74) is 0.871. The van der Waals surface area contributed by atoms with Gasteiger partial charge >= 0.3 is 0 Å². The summed E-state index contributed by atoms with van der Waals surface area (Å²) in [5.74, 6) is 0.353. The highest BCUT2D eigenvalue weighted by Gasteiger charge is 1.97. The van der Waals surface area contributed by atoms with Gasteiger partial charge < -0.3 is 5.32 Å². The third kappa shape index (κ3) is 3.23. The number of aromatic nitrogens is 1. The van der Waals surface area contributed by atoms with Crippen molar-refractivity contribution in [1.29, 1.82) is 0 Å². The Morgan fingerprint density at radius 1 is 1.57 bits per heavy atom. The maximum atomic E-state index is 11.2. The highest BCUT2D eigenvalue weighted by molar-refractivity contribution is 5.98. The minimum absolute atomic E-state index is 0.206. The molecule has 72 valence electrons. The number of allylic oxidation sites excluding steroid dienone is 2. The average molecular weight is 188 g/mol. The number of anilines is 1. The van der Waals surface area contributed by atoms with Crippen LogP contribution in [0.3, 0.4) is 0 Å². The van der Waals surface area contributed by atoms with E-state index in [9.17, 15) is 4.79 Å². The molecule has 1 aromatic heterocycles. The third-order valence-corrected chi connectivity index (χ3v) is 1.52. The standard InChI is InChI=1S/C11H12N2O/c1-3-4-8-11(14)13-10-7-5-6-9(2)12-10/h3-8H,1H2,2H3,(H,12,13,14)/b8-4+. The highest BCUT2D eigenvalue weighted by atomic mass is 16.1. The first-order valence-corrected chi connectivity index (χ1v) is 4.26. The molecular weight excluding hydrogens is 176 g/mol. The van der Waals surface area contributed by atoms with Gasteiger partial charge in [-0.2, -0.15) is 0 Å². The van der Waals surface area contributed by atoms with Crippen molar-refractivity contribution in [3.8, 4) is 0 Å². The van der Waals surface area contributed by atoms with Gasteiger partial charge in [-0.05, 0) is 19.1 Å². The zero-order valence-electron chi connectivity index (χ0n) is 8.03. The first-order chi connectivity index (χ1) is 6.72. The van der Waals surface area contributed by atoms with Crippen LogP contribution >= 0.6 is 0 Å². The van der Waals surface area contributed by atoms with Crippen molar-refractivity contribution >= 4 is 11.7 Å². The van der Waals surface area contributed by atoms with Crippen LogP contribution in [-0.4, -0.2) is 10.9 Å². The van der Waals surface area contributed by atoms with Crippen LogP contribution in [0.1, 0.15) is 5.69 Å². The number of amides is 1. The van der Waals surface area contributed by atoms with Crippen LogP contribution in [-0.2, 0) is 4.79 Å². The van der Waals surface area contributed by atoms with E-state index in [1.807, 2.05) is 19.1 Å². The third-order valence-electron chi connectivity index (χ3n) is 1.52. The predicted molar refractivity (Wildman–Crippen MR) is 56.9 cm³/mol. The van der Waals surface area contributed by atoms with Gasteiger partial charge in [0.05, 0.1) is 0 Å². The summed E-state index contributed by atoms with van der Waals surface area (Å²) >= 11 is 0. The molecule has 1 rings (SSSR count). The smallest absolute Gasteiger partial charge is 0.249 e. The summed E-state index contributed by atoms with van der Waals surface area (Å²) in [6, 6.07) is 5.46. The Kier molecular flexibility index (Phi) is 3.61. The molecular formula is C11H12N2O. The molecule has 0 unspecified atom stereocenters. The minimum atomic E-state index is -0.206. The van der Waals surface area contributed by atoms with Crippen LogP contribution in [0.2, 0.25) is 0 Å². The van der Waals surface area contributed by atoms with Gasteiger partial charge in [-0.25, -0.2) is 4.98 Å². The number of rotatable bonds is 3. The zero-order valence-corrected chi connectivity index (χ0v) is 8.03. The first kappa shape index (κ1) is 10.2. The molecule has 0 bridgehead atoms. The van der Waals surface area contributed by atoms with Gasteiger partial charge in [0.2, 0.25) is 5.91 Å². The largest absolute Gasteiger partial charge is 0.307 e. The summed E-state index contributed by atoms with van der Waals surface area (Å²) in [6.07, 6.45) is 4.52. The van der Waals surface area contributed by atoms with E-state index in [0.717, 1.165) is 5.69 Å². The molecule has 14 heavy (non-hydrogen) atoms. The van der Waals surface area contributed by atoms with Crippen molar-refractivity contribution in [2.75, 3.05) is 5.32 Å². The van der Waals surface area contributed by atoms with E-state index in [1.165, 1.54) is 6.08 Å². The molecule has 1 amide bonds. The topological polar surface area (TPSA) is 42.0 Å². The number of carbonyl (C=O) groups is 1. The number of nitrogens with one attached hydrogen (secondary N) is 1. The molecule has 0 aromatic carbocycles. The molecule has 0 atom stereocenters. The fraction of sp³-hybridized carbons (Fsp3) is 0.0909. The molecule has 3 nitrogen and oxygen atoms in total. The lowest BCUT2D eigenvalue weighted by atomic mass is 10.3. The van der Waals surface area contributed by atoms with Gasteiger partial charge in [0.1, 0.15) is 5.82 Å². The molecule has 1 aromatic rings. The Labute approximate surface area is 83.2 Å². The van der Waals surface area contributed by atoms with Crippen LogP contribution in [0.4, 0.5) is 5.82 Å². The van der Waals surface area contributed by atoms with Crippen LogP contribution in [0.25, 0.3) is 0 Å². The first-order valence-electron chi connectivity index (χ1n) is 4.26. The fourth-order valence-corrected chi connectivity index (χ4v) is 0.936. The summed E-state index contributed by atoms with van der Waals surface area (Å²) < 4.78 is 0. The monoisotopic (exact) mass is 188 g/mol. The van der Waals surface area contributed by atoms with E-state index in [2.05, 4.69) is 16.9 Å². The van der Waals surface area contributed by atoms with Crippen molar-refractivity contribution in [2.45, 2.75) is 6.92 Å². The number of carbonyl (C=O) groups excluding carboxylic acids is 1. The second-order valence-corrected chi connectivity index (χ2v) is 2.75. The Morgan fingerprint density at radius 3 is 3.00 bits per heavy atom. The van der Waals surface area contributed by atoms with Crippen LogP contribution < -0.4 is 5.32 Å². The van der Waals surface area contributed by atoms with Gasteiger partial charge in [0, 0.05) is 11.8 Å². The van der Waals surface area contributed by atoms with E-state index < -0.39 is 0 Å². The molecule has 0 aliphatic rings. The lowest BCUT2D eigenvalue weighted by Gasteiger charge is -2.00. The van der Waals surface area contributed by atoms with E-state index in [1.54, 1.807) is 18.2 Å². The molecule has 0 spiro atoms. The van der Waals surface area contributed by atoms with Crippen molar-refractivity contribution in [1.82, 2.24) is 4.98 Å². The Bertz CT molecular complexity index is 369. The Balaban J connectivity index is 2.64. The van der Waals surface area contributed by atoms with Gasteiger partial charge in [0.25, 0.3) is 0 Å². The van der Waals surface area contributed by atoms with Crippen LogP contribution in [0.5, 0.6) is 0 Å². The second-order valence-electron chi connectivity index (χ2n) is 2.75. The molecule has 1 heterocycles. The van der Waals surface area contributed by atoms with Crippen molar-refractivity contribution in [3.05, 3.63) is 48.7 Å². The molecule has 0 radical (unpaired) electrons. The summed E-state index contributed by atoms with van der Waals surface area (Å²) in [7, 11) is 0. The van der Waals surface area contributed by atoms with Gasteiger partial charge in [-0.3, -0.25) is 4.79 Å². The average Bonchev–Trinajstić information content (AvgIpc) is 2.15. The van der Waals surface area contributed by atoms with Crippen molar-refractivity contribution in [2.24, 2.45) is 0 Å². The molecule has 0 saturated carbocycles. The summed E-state index contributed by atoms with van der Waals surface area (Å²) in [6.45, 7) is 5.34. The van der Waals surface area contributed by atoms with Gasteiger partial charge in [0.15, 0.2) is 0 Å². The van der Waals surface area contributed by atoms with Crippen molar-refractivity contribution < 1.29 is 4.79 Å². The molecule has 0 aliphatic heterocycles. The molecule has 0 saturated heterocycles. The molecule has 0 fully saturated rings. The number of pyridine rings is 1. The number of hydrogen-bond donors (Lipinski definition) is 1. The number of nitrogens with zero attached hydrogens (tertiary/aromatic N) is 1. The molecule has 1 N–H and O–H groups in total. The fourth-order valence-electron chi connectivity index (χ4n) is 0.936. The maximum Gasteiger partial charge on any atom is 0.249 e. The van der Waals surface area contributed by atoms with E-state index >= 15 is 0 Å². The van der Waals surface area contributed by atoms with Gasteiger partial charge in [-0.1, -0.05) is 24.8 Å². The highest BCUT2D eigenvalue weighted by Crippen LogP contribution is 2.03. The van der Waals surface area contributed by atoms with Gasteiger partial charge in [-0.15, -0.1) is 0 Å². The quantitative estimate of drug-likeness (QED) is 0.582. The SMILES string of the molecule is C=C/C=C/C(=O)Nc1cccc(C)n1. The summed E-state index contributed by atoms with van der Waals surface area (Å²) in [5, 5.41) is 2.63. The molecule has 3 heteroatoms. The van der Waals surface area contributed by atoms with E-state index in [4.69, 9.17) is 0 Å². The summed E-state index contributed by atoms with van der Waals surface area (Å²) in [4.78, 5) is 15.3. The van der Waals surface area contributed by atoms with E-state index in [-0.39, 0.29) is 5.91 Å². The lowest BCUT2D eigenvalue weighted by Crippen LogP contribution is -2.09. The predicted octanol–water partition coefficient (Wildman–Crippen LogP) is 2.07. The normalized spacial score (nSPS) is 10.1. The lowest BCUT2D eigenvalue weighted by molar-refractivity contribution is -0.111. The van der Waals surface area contributed by atoms with Crippen LogP contribution in [0.15, 0.2) is 43.0 Å². The zero-order chi connectivity index (χ0) is 10.4.